The van der Waals surface area contributed by atoms with Crippen molar-refractivity contribution in [2.45, 2.75) is 4.90 Å². The molecule has 3 rings (SSSR count). The zero-order chi connectivity index (χ0) is 11.7. The molecule has 3 aromatic rings. The van der Waals surface area contributed by atoms with Crippen molar-refractivity contribution >= 4 is 45.0 Å². The molecule has 0 aliphatic carbocycles. The van der Waals surface area contributed by atoms with Gasteiger partial charge in [0, 0.05) is 4.90 Å². The summed E-state index contributed by atoms with van der Waals surface area (Å²) in [6, 6.07) is 16.0. The van der Waals surface area contributed by atoms with Gasteiger partial charge in [0.2, 0.25) is 0 Å². The summed E-state index contributed by atoms with van der Waals surface area (Å²) in [4.78, 5) is 5.45. The van der Waals surface area contributed by atoms with E-state index in [-0.39, 0.29) is 0 Å². The predicted octanol–water partition coefficient (Wildman–Crippen LogP) is 4.33. The number of aromatic nitrogens is 1. The lowest BCUT2D eigenvalue weighted by Crippen LogP contribution is -1.89. The number of nitrogens with one attached hydrogen (secondary N) is 1. The molecule has 17 heavy (non-hydrogen) atoms. The van der Waals surface area contributed by atoms with Crippen LogP contribution in [-0.4, -0.2) is 4.98 Å². The first-order valence-corrected chi connectivity index (χ1v) is 6.50. The molecule has 2 aromatic carbocycles. The molecular weight excluding hydrogens is 248 g/mol. The highest BCUT2D eigenvalue weighted by atomic mass is 32.1. The molecule has 1 N–H and O–H groups in total. The van der Waals surface area contributed by atoms with E-state index in [9.17, 15) is 0 Å². The van der Waals surface area contributed by atoms with E-state index in [4.69, 9.17) is 0 Å². The Morgan fingerprint density at radius 1 is 1.00 bits per heavy atom. The lowest BCUT2D eigenvalue weighted by molar-refractivity contribution is 1.39. The van der Waals surface area contributed by atoms with Gasteiger partial charge in [-0.3, -0.25) is 0 Å². The molecule has 0 saturated heterocycles. The fraction of sp³-hybridized carbons (Fsp3) is 0. The fourth-order valence-electron chi connectivity index (χ4n) is 1.62. The molecule has 0 unspecified atom stereocenters. The normalized spacial score (nSPS) is 10.6. The summed E-state index contributed by atoms with van der Waals surface area (Å²) in [5, 5.41) is 4.19. The maximum Gasteiger partial charge on any atom is 0.188 e. The first-order chi connectivity index (χ1) is 8.33. The Labute approximate surface area is 109 Å². The van der Waals surface area contributed by atoms with E-state index in [2.05, 4.69) is 29.0 Å². The average molecular weight is 258 g/mol. The fourth-order valence-corrected chi connectivity index (χ4v) is 2.71. The zero-order valence-electron chi connectivity index (χ0n) is 8.92. The highest BCUT2D eigenvalue weighted by molar-refractivity contribution is 7.80. The van der Waals surface area contributed by atoms with Crippen LogP contribution in [0.2, 0.25) is 0 Å². The molecule has 1 heterocycles. The number of fused-ring (bicyclic) bond motifs is 1. The van der Waals surface area contributed by atoms with E-state index in [1.165, 1.54) is 4.70 Å². The summed E-state index contributed by atoms with van der Waals surface area (Å²) in [5.41, 5.74) is 2.01. The van der Waals surface area contributed by atoms with Gasteiger partial charge in [-0.1, -0.05) is 35.6 Å². The lowest BCUT2D eigenvalue weighted by atomic mass is 10.3. The minimum absolute atomic E-state index is 0.896. The van der Waals surface area contributed by atoms with Crippen LogP contribution in [0, 0.1) is 0 Å². The molecule has 84 valence electrons. The van der Waals surface area contributed by atoms with E-state index in [1.807, 2.05) is 42.5 Å². The standard InChI is InChI=1S/C13H10N2S2/c16-11-7-3-1-5-9(11)14-13-15-10-6-2-4-8-12(10)17-13/h1-8,16H,(H,14,15). The van der Waals surface area contributed by atoms with E-state index in [0.29, 0.717) is 0 Å². The van der Waals surface area contributed by atoms with Crippen molar-refractivity contribution in [2.75, 3.05) is 5.32 Å². The molecule has 0 fully saturated rings. The molecule has 1 aromatic heterocycles. The number of rotatable bonds is 2. The second-order valence-corrected chi connectivity index (χ2v) is 5.14. The highest BCUT2D eigenvalue weighted by Crippen LogP contribution is 2.30. The molecule has 2 nitrogen and oxygen atoms in total. The van der Waals surface area contributed by atoms with Gasteiger partial charge in [-0.25, -0.2) is 4.98 Å². The summed E-state index contributed by atoms with van der Waals surface area (Å²) < 4.78 is 1.19. The zero-order valence-corrected chi connectivity index (χ0v) is 10.6. The predicted molar refractivity (Wildman–Crippen MR) is 76.6 cm³/mol. The van der Waals surface area contributed by atoms with Gasteiger partial charge in [0.1, 0.15) is 0 Å². The van der Waals surface area contributed by atoms with Gasteiger partial charge in [-0.2, -0.15) is 0 Å². The summed E-state index contributed by atoms with van der Waals surface area (Å²) in [5.74, 6) is 0. The monoisotopic (exact) mass is 258 g/mol. The SMILES string of the molecule is Sc1ccccc1Nc1nc2ccccc2s1. The third-order valence-electron chi connectivity index (χ3n) is 2.44. The maximum atomic E-state index is 4.52. The number of thiol groups is 1. The van der Waals surface area contributed by atoms with Crippen molar-refractivity contribution < 1.29 is 0 Å². The Morgan fingerprint density at radius 3 is 2.59 bits per heavy atom. The van der Waals surface area contributed by atoms with Crippen LogP contribution in [0.1, 0.15) is 0 Å². The van der Waals surface area contributed by atoms with Crippen LogP contribution in [0.3, 0.4) is 0 Å². The Bertz CT molecular complexity index is 628. The summed E-state index contributed by atoms with van der Waals surface area (Å²) in [6.07, 6.45) is 0. The Kier molecular flexibility index (Phi) is 2.74. The number of hydrogen-bond donors (Lipinski definition) is 2. The van der Waals surface area contributed by atoms with Crippen LogP contribution in [0.15, 0.2) is 53.4 Å². The van der Waals surface area contributed by atoms with E-state index in [0.717, 1.165) is 21.2 Å². The van der Waals surface area contributed by atoms with Gasteiger partial charge in [0.15, 0.2) is 5.13 Å². The smallest absolute Gasteiger partial charge is 0.188 e. The van der Waals surface area contributed by atoms with E-state index in [1.54, 1.807) is 11.3 Å². The number of thiazole rings is 1. The molecule has 0 aliphatic rings. The largest absolute Gasteiger partial charge is 0.331 e. The van der Waals surface area contributed by atoms with Gasteiger partial charge in [-0.05, 0) is 24.3 Å². The molecule has 0 atom stereocenters. The topological polar surface area (TPSA) is 24.9 Å². The second kappa shape index (κ2) is 4.39. The Balaban J connectivity index is 1.98. The van der Waals surface area contributed by atoms with Crippen molar-refractivity contribution in [3.8, 4) is 0 Å². The van der Waals surface area contributed by atoms with Gasteiger partial charge in [-0.15, -0.1) is 12.6 Å². The minimum atomic E-state index is 0.896. The number of anilines is 2. The van der Waals surface area contributed by atoms with Crippen molar-refractivity contribution in [1.82, 2.24) is 4.98 Å². The maximum absolute atomic E-state index is 4.52. The first-order valence-electron chi connectivity index (χ1n) is 5.23. The molecular formula is C13H10N2S2. The summed E-state index contributed by atoms with van der Waals surface area (Å²) in [7, 11) is 0. The summed E-state index contributed by atoms with van der Waals surface area (Å²) >= 11 is 6.05. The number of benzene rings is 2. The molecule has 4 heteroatoms. The third-order valence-corrected chi connectivity index (χ3v) is 3.78. The second-order valence-electron chi connectivity index (χ2n) is 3.63. The molecule has 0 spiro atoms. The number of hydrogen-bond acceptors (Lipinski definition) is 4. The van der Waals surface area contributed by atoms with Crippen molar-refractivity contribution in [1.29, 1.82) is 0 Å². The van der Waals surface area contributed by atoms with Crippen molar-refractivity contribution in [2.24, 2.45) is 0 Å². The van der Waals surface area contributed by atoms with Gasteiger partial charge in [0.25, 0.3) is 0 Å². The average Bonchev–Trinajstić information content (AvgIpc) is 2.74. The minimum Gasteiger partial charge on any atom is -0.331 e. The molecule has 0 aliphatic heterocycles. The summed E-state index contributed by atoms with van der Waals surface area (Å²) in [6.45, 7) is 0. The van der Waals surface area contributed by atoms with Crippen molar-refractivity contribution in [3.63, 3.8) is 0 Å². The van der Waals surface area contributed by atoms with Gasteiger partial charge < -0.3 is 5.32 Å². The van der Waals surface area contributed by atoms with Crippen molar-refractivity contribution in [3.05, 3.63) is 48.5 Å². The van der Waals surface area contributed by atoms with Gasteiger partial charge in [0.05, 0.1) is 15.9 Å². The van der Waals surface area contributed by atoms with Crippen LogP contribution in [0.4, 0.5) is 10.8 Å². The molecule has 0 amide bonds. The van der Waals surface area contributed by atoms with E-state index < -0.39 is 0 Å². The lowest BCUT2D eigenvalue weighted by Gasteiger charge is -2.04. The quantitative estimate of drug-likeness (QED) is 0.669. The van der Waals surface area contributed by atoms with E-state index >= 15 is 0 Å². The van der Waals surface area contributed by atoms with Gasteiger partial charge >= 0.3 is 0 Å². The Hall–Kier alpha value is -1.52. The molecule has 0 radical (unpaired) electrons. The Morgan fingerprint density at radius 2 is 1.76 bits per heavy atom. The van der Waals surface area contributed by atoms with Crippen LogP contribution in [0.25, 0.3) is 10.2 Å². The number of para-hydroxylation sites is 2. The van der Waals surface area contributed by atoms with Crippen LogP contribution < -0.4 is 5.32 Å². The number of nitrogens with zero attached hydrogens (tertiary/aromatic N) is 1. The first kappa shape index (κ1) is 10.6. The van der Waals surface area contributed by atoms with Crippen LogP contribution >= 0.6 is 24.0 Å². The third kappa shape index (κ3) is 2.14. The van der Waals surface area contributed by atoms with Crippen LogP contribution in [-0.2, 0) is 0 Å². The molecule has 0 bridgehead atoms. The highest BCUT2D eigenvalue weighted by Gasteiger charge is 2.04. The van der Waals surface area contributed by atoms with Crippen LogP contribution in [0.5, 0.6) is 0 Å². The molecule has 0 saturated carbocycles.